The lowest BCUT2D eigenvalue weighted by Crippen LogP contribution is -2.56. The van der Waals surface area contributed by atoms with Gasteiger partial charge >= 0.3 is 6.18 Å². The maximum absolute atomic E-state index is 12.8. The number of rotatable bonds is 4. The van der Waals surface area contributed by atoms with Gasteiger partial charge in [-0.05, 0) is 18.6 Å². The zero-order valence-corrected chi connectivity index (χ0v) is 14.7. The predicted octanol–water partition coefficient (Wildman–Crippen LogP) is 1.73. The van der Waals surface area contributed by atoms with Crippen molar-refractivity contribution < 1.29 is 17.9 Å². The fourth-order valence-electron chi connectivity index (χ4n) is 2.71. The van der Waals surface area contributed by atoms with E-state index in [1.165, 1.54) is 11.8 Å². The van der Waals surface area contributed by atoms with Crippen LogP contribution >= 0.6 is 0 Å². The van der Waals surface area contributed by atoms with Crippen LogP contribution in [0, 0.1) is 0 Å². The van der Waals surface area contributed by atoms with Crippen LogP contribution in [0.4, 0.5) is 13.2 Å². The summed E-state index contributed by atoms with van der Waals surface area (Å²) in [7, 11) is 3.22. The lowest BCUT2D eigenvalue weighted by molar-refractivity contribution is -0.181. The van der Waals surface area contributed by atoms with Gasteiger partial charge in [0, 0.05) is 52.0 Å². The molecule has 9 heteroatoms. The van der Waals surface area contributed by atoms with Gasteiger partial charge in [-0.2, -0.15) is 13.2 Å². The molecule has 1 aliphatic rings. The van der Waals surface area contributed by atoms with Crippen LogP contribution in [-0.2, 0) is 6.54 Å². The Bertz CT molecular complexity index is 585. The molecule has 0 radical (unpaired) electrons. The second-order valence-corrected chi connectivity index (χ2v) is 5.85. The molecule has 2 heterocycles. The lowest BCUT2D eigenvalue weighted by atomic mass is 10.2. The molecule has 0 saturated carbocycles. The molecule has 6 nitrogen and oxygen atoms in total. The summed E-state index contributed by atoms with van der Waals surface area (Å²) in [4.78, 5) is 11.7. The maximum atomic E-state index is 12.8. The smallest absolute Gasteiger partial charge is 0.403 e. The molecule has 0 aromatic carbocycles. The molecule has 0 spiro atoms. The molecule has 1 N–H and O–H groups in total. The Morgan fingerprint density at radius 2 is 2.04 bits per heavy atom. The molecule has 1 fully saturated rings. The zero-order chi connectivity index (χ0) is 18.4. The van der Waals surface area contributed by atoms with Gasteiger partial charge in [-0.1, -0.05) is 0 Å². The third kappa shape index (κ3) is 5.22. The molecule has 0 aliphatic carbocycles. The summed E-state index contributed by atoms with van der Waals surface area (Å²) in [5.74, 6) is 1.21. The van der Waals surface area contributed by atoms with Crippen LogP contribution in [0.2, 0.25) is 0 Å². The first-order valence-corrected chi connectivity index (χ1v) is 8.10. The zero-order valence-electron chi connectivity index (χ0n) is 14.7. The molecule has 1 unspecified atom stereocenters. The van der Waals surface area contributed by atoms with Crippen molar-refractivity contribution in [1.82, 2.24) is 20.1 Å². The van der Waals surface area contributed by atoms with E-state index in [0.29, 0.717) is 44.6 Å². The minimum Gasteiger partial charge on any atom is -0.481 e. The molecule has 1 saturated heterocycles. The number of hydrogen-bond acceptors (Lipinski definition) is 4. The molecule has 1 aromatic rings. The van der Waals surface area contributed by atoms with E-state index in [1.807, 2.05) is 17.0 Å². The fourth-order valence-corrected chi connectivity index (χ4v) is 2.71. The first kappa shape index (κ1) is 19.3. The molecule has 25 heavy (non-hydrogen) atoms. The average Bonchev–Trinajstić information content (AvgIpc) is 2.61. The number of aromatic nitrogens is 1. The van der Waals surface area contributed by atoms with E-state index in [0.717, 1.165) is 5.56 Å². The number of pyridine rings is 1. The van der Waals surface area contributed by atoms with Gasteiger partial charge in [0.05, 0.1) is 7.11 Å². The fraction of sp³-hybridized carbons (Fsp3) is 0.625. The van der Waals surface area contributed by atoms with Gasteiger partial charge < -0.3 is 15.0 Å². The quantitative estimate of drug-likeness (QED) is 0.656. The number of alkyl halides is 3. The number of hydrogen-bond donors (Lipinski definition) is 1. The first-order chi connectivity index (χ1) is 11.8. The van der Waals surface area contributed by atoms with Crippen LogP contribution in [0.1, 0.15) is 12.5 Å². The van der Waals surface area contributed by atoms with E-state index in [2.05, 4.69) is 15.3 Å². The van der Waals surface area contributed by atoms with Crippen molar-refractivity contribution in [2.75, 3.05) is 40.3 Å². The molecular formula is C16H24F3N5O. The summed E-state index contributed by atoms with van der Waals surface area (Å²) in [6, 6.07) is 2.27. The molecule has 1 aromatic heterocycles. The van der Waals surface area contributed by atoms with E-state index in [4.69, 9.17) is 4.74 Å². The molecule has 1 atom stereocenters. The van der Waals surface area contributed by atoms with Gasteiger partial charge in [-0.15, -0.1) is 0 Å². The third-order valence-corrected chi connectivity index (χ3v) is 4.31. The number of nitrogens with zero attached hydrogens (tertiary/aromatic N) is 4. The van der Waals surface area contributed by atoms with Crippen LogP contribution in [0.15, 0.2) is 23.3 Å². The van der Waals surface area contributed by atoms with Crippen LogP contribution in [0.3, 0.4) is 0 Å². The highest BCUT2D eigenvalue weighted by atomic mass is 19.4. The summed E-state index contributed by atoms with van der Waals surface area (Å²) in [5.41, 5.74) is 0.984. The molecule has 0 amide bonds. The van der Waals surface area contributed by atoms with Gasteiger partial charge in [0.15, 0.2) is 5.96 Å². The van der Waals surface area contributed by atoms with Crippen molar-refractivity contribution in [3.8, 4) is 5.88 Å². The second-order valence-electron chi connectivity index (χ2n) is 5.85. The standard InChI is InChI=1S/C16H24F3N5O/c1-12(16(17,18)19)23-6-8-24(9-7-23)15(20-2)22-11-13-4-5-21-14(10-13)25-3/h4-5,10,12H,6-9,11H2,1-3H3,(H,20,22). The first-order valence-electron chi connectivity index (χ1n) is 8.10. The summed E-state index contributed by atoms with van der Waals surface area (Å²) in [6.07, 6.45) is -2.53. The number of aliphatic imine (C=N–C) groups is 1. The number of methoxy groups -OCH3 is 1. The molecule has 0 bridgehead atoms. The Morgan fingerprint density at radius 3 is 2.60 bits per heavy atom. The summed E-state index contributed by atoms with van der Waals surface area (Å²) in [6.45, 7) is 3.44. The van der Waals surface area contributed by atoms with Crippen molar-refractivity contribution in [1.29, 1.82) is 0 Å². The van der Waals surface area contributed by atoms with E-state index < -0.39 is 12.2 Å². The minimum absolute atomic E-state index is 0.352. The number of ether oxygens (including phenoxy) is 1. The third-order valence-electron chi connectivity index (χ3n) is 4.31. The van der Waals surface area contributed by atoms with E-state index in [1.54, 1.807) is 20.4 Å². The number of guanidine groups is 1. The molecular weight excluding hydrogens is 335 g/mol. The number of nitrogens with one attached hydrogen (secondary N) is 1. The molecule has 1 aliphatic heterocycles. The van der Waals surface area contributed by atoms with E-state index >= 15 is 0 Å². The molecule has 140 valence electrons. The number of piperazine rings is 1. The van der Waals surface area contributed by atoms with E-state index in [-0.39, 0.29) is 0 Å². The van der Waals surface area contributed by atoms with Gasteiger partial charge in [0.2, 0.25) is 5.88 Å². The maximum Gasteiger partial charge on any atom is 0.403 e. The van der Waals surface area contributed by atoms with Gasteiger partial charge in [-0.3, -0.25) is 9.89 Å². The van der Waals surface area contributed by atoms with Crippen molar-refractivity contribution in [3.63, 3.8) is 0 Å². The Morgan fingerprint density at radius 1 is 1.36 bits per heavy atom. The largest absolute Gasteiger partial charge is 0.481 e. The summed E-state index contributed by atoms with van der Waals surface area (Å²) in [5, 5.41) is 3.23. The van der Waals surface area contributed by atoms with Crippen molar-refractivity contribution >= 4 is 5.96 Å². The van der Waals surface area contributed by atoms with Crippen molar-refractivity contribution in [2.24, 2.45) is 4.99 Å². The van der Waals surface area contributed by atoms with Gasteiger partial charge in [0.1, 0.15) is 6.04 Å². The number of halogens is 3. The monoisotopic (exact) mass is 359 g/mol. The molecule has 2 rings (SSSR count). The van der Waals surface area contributed by atoms with Crippen molar-refractivity contribution in [3.05, 3.63) is 23.9 Å². The summed E-state index contributed by atoms with van der Waals surface area (Å²) < 4.78 is 43.5. The van der Waals surface area contributed by atoms with Crippen LogP contribution in [0.5, 0.6) is 5.88 Å². The lowest BCUT2D eigenvalue weighted by Gasteiger charge is -2.39. The minimum atomic E-state index is -4.19. The SMILES string of the molecule is CN=C(NCc1ccnc(OC)c1)N1CCN(C(C)C(F)(F)F)CC1. The van der Waals surface area contributed by atoms with E-state index in [9.17, 15) is 13.2 Å². The Labute approximate surface area is 145 Å². The average molecular weight is 359 g/mol. The topological polar surface area (TPSA) is 53.0 Å². The summed E-state index contributed by atoms with van der Waals surface area (Å²) >= 11 is 0. The van der Waals surface area contributed by atoms with Crippen LogP contribution in [0.25, 0.3) is 0 Å². The second kappa shape index (κ2) is 8.37. The highest BCUT2D eigenvalue weighted by molar-refractivity contribution is 5.80. The predicted molar refractivity (Wildman–Crippen MR) is 89.7 cm³/mol. The van der Waals surface area contributed by atoms with Crippen molar-refractivity contribution in [2.45, 2.75) is 25.7 Å². The highest BCUT2D eigenvalue weighted by Crippen LogP contribution is 2.25. The highest BCUT2D eigenvalue weighted by Gasteiger charge is 2.41. The van der Waals surface area contributed by atoms with Gasteiger partial charge in [-0.25, -0.2) is 4.98 Å². The Kier molecular flexibility index (Phi) is 6.46. The normalized spacial score (nSPS) is 18.2. The van der Waals surface area contributed by atoms with Crippen LogP contribution < -0.4 is 10.1 Å². The van der Waals surface area contributed by atoms with Gasteiger partial charge in [0.25, 0.3) is 0 Å². The Balaban J connectivity index is 1.88. The van der Waals surface area contributed by atoms with Crippen LogP contribution in [-0.4, -0.2) is 73.3 Å². The Hall–Kier alpha value is -2.03.